The van der Waals surface area contributed by atoms with Gasteiger partial charge >= 0.3 is 0 Å². The Labute approximate surface area is 118 Å². The van der Waals surface area contributed by atoms with E-state index in [-0.39, 0.29) is 23.9 Å². The van der Waals surface area contributed by atoms with Gasteiger partial charge in [0, 0.05) is 24.7 Å². The maximum Gasteiger partial charge on any atom is 0.242 e. The number of nitrogens with one attached hydrogen (secondary N) is 3. The summed E-state index contributed by atoms with van der Waals surface area (Å²) in [5.41, 5.74) is 2.31. The van der Waals surface area contributed by atoms with Crippen molar-refractivity contribution in [2.75, 3.05) is 11.9 Å². The molecule has 5 nitrogen and oxygen atoms in total. The number of benzene rings is 1. The lowest BCUT2D eigenvalue weighted by atomic mass is 9.97. The summed E-state index contributed by atoms with van der Waals surface area (Å²) in [6.07, 6.45) is 3.09. The molecule has 0 spiro atoms. The molecule has 1 aromatic rings. The fourth-order valence-electron chi connectivity index (χ4n) is 2.81. The predicted octanol–water partition coefficient (Wildman–Crippen LogP) is 0.808. The molecule has 2 amide bonds. The Hall–Kier alpha value is -2.04. The first kappa shape index (κ1) is 13.0. The monoisotopic (exact) mass is 273 g/mol. The average Bonchev–Trinajstić information content (AvgIpc) is 2.90. The molecule has 2 aliphatic rings. The molecular weight excluding hydrogens is 254 g/mol. The average molecular weight is 273 g/mol. The third-order valence-corrected chi connectivity index (χ3v) is 3.97. The van der Waals surface area contributed by atoms with Crippen LogP contribution in [0.25, 0.3) is 0 Å². The Balaban J connectivity index is 1.52. The van der Waals surface area contributed by atoms with Crippen molar-refractivity contribution in [1.29, 1.82) is 0 Å². The molecule has 0 aromatic heterocycles. The van der Waals surface area contributed by atoms with Gasteiger partial charge in [-0.05, 0) is 30.9 Å². The largest absolute Gasteiger partial charge is 0.373 e. The SMILES string of the molecule is O=C1CCC(CNC(=O)C2CCc3ccccc3N2)N1. The number of carbonyl (C=O) groups is 2. The summed E-state index contributed by atoms with van der Waals surface area (Å²) in [6.45, 7) is 0.518. The number of hydrogen-bond donors (Lipinski definition) is 3. The first-order valence-electron chi connectivity index (χ1n) is 7.14. The maximum atomic E-state index is 12.2. The summed E-state index contributed by atoms with van der Waals surface area (Å²) in [6, 6.07) is 7.99. The van der Waals surface area contributed by atoms with Gasteiger partial charge in [0.1, 0.15) is 6.04 Å². The number of rotatable bonds is 3. The highest BCUT2D eigenvalue weighted by Crippen LogP contribution is 2.24. The van der Waals surface area contributed by atoms with Crippen LogP contribution in [0.2, 0.25) is 0 Å². The van der Waals surface area contributed by atoms with Gasteiger partial charge in [-0.2, -0.15) is 0 Å². The molecule has 1 saturated heterocycles. The van der Waals surface area contributed by atoms with Crippen LogP contribution in [0.1, 0.15) is 24.8 Å². The molecule has 3 N–H and O–H groups in total. The van der Waals surface area contributed by atoms with E-state index in [1.165, 1.54) is 5.56 Å². The van der Waals surface area contributed by atoms with Crippen molar-refractivity contribution in [2.24, 2.45) is 0 Å². The van der Waals surface area contributed by atoms with Crippen LogP contribution in [-0.4, -0.2) is 30.4 Å². The summed E-state index contributed by atoms with van der Waals surface area (Å²) in [5.74, 6) is 0.0922. The van der Waals surface area contributed by atoms with E-state index in [1.54, 1.807) is 0 Å². The van der Waals surface area contributed by atoms with E-state index in [0.29, 0.717) is 13.0 Å². The third kappa shape index (κ3) is 2.76. The highest BCUT2D eigenvalue weighted by Gasteiger charge is 2.25. The van der Waals surface area contributed by atoms with Crippen molar-refractivity contribution in [3.63, 3.8) is 0 Å². The van der Waals surface area contributed by atoms with Crippen molar-refractivity contribution in [3.8, 4) is 0 Å². The molecule has 1 aromatic carbocycles. The first-order valence-corrected chi connectivity index (χ1v) is 7.14. The molecule has 2 atom stereocenters. The lowest BCUT2D eigenvalue weighted by Gasteiger charge is -2.26. The zero-order valence-electron chi connectivity index (χ0n) is 11.3. The molecule has 1 fully saturated rings. The smallest absolute Gasteiger partial charge is 0.242 e. The summed E-state index contributed by atoms with van der Waals surface area (Å²) < 4.78 is 0. The van der Waals surface area contributed by atoms with Gasteiger partial charge in [-0.1, -0.05) is 18.2 Å². The molecule has 5 heteroatoms. The van der Waals surface area contributed by atoms with E-state index < -0.39 is 0 Å². The minimum atomic E-state index is -0.179. The lowest BCUT2D eigenvalue weighted by Crippen LogP contribution is -2.46. The van der Waals surface area contributed by atoms with Gasteiger partial charge in [-0.15, -0.1) is 0 Å². The van der Waals surface area contributed by atoms with Gasteiger partial charge in [0.25, 0.3) is 0 Å². The van der Waals surface area contributed by atoms with Crippen molar-refractivity contribution < 1.29 is 9.59 Å². The van der Waals surface area contributed by atoms with E-state index in [9.17, 15) is 9.59 Å². The second-order valence-corrected chi connectivity index (χ2v) is 5.44. The zero-order valence-corrected chi connectivity index (χ0v) is 11.3. The summed E-state index contributed by atoms with van der Waals surface area (Å²) >= 11 is 0. The third-order valence-electron chi connectivity index (χ3n) is 3.97. The van der Waals surface area contributed by atoms with Crippen LogP contribution >= 0.6 is 0 Å². The van der Waals surface area contributed by atoms with E-state index in [4.69, 9.17) is 0 Å². The number of anilines is 1. The molecule has 0 bridgehead atoms. The topological polar surface area (TPSA) is 70.2 Å². The summed E-state index contributed by atoms with van der Waals surface area (Å²) in [4.78, 5) is 23.3. The van der Waals surface area contributed by atoms with Crippen molar-refractivity contribution in [3.05, 3.63) is 29.8 Å². The number of fused-ring (bicyclic) bond motifs is 1. The van der Waals surface area contributed by atoms with Crippen molar-refractivity contribution in [1.82, 2.24) is 10.6 Å². The summed E-state index contributed by atoms with van der Waals surface area (Å²) in [7, 11) is 0. The second kappa shape index (κ2) is 5.53. The number of carbonyl (C=O) groups excluding carboxylic acids is 2. The highest BCUT2D eigenvalue weighted by atomic mass is 16.2. The fourth-order valence-corrected chi connectivity index (χ4v) is 2.81. The number of para-hydroxylation sites is 1. The normalized spacial score (nSPS) is 24.5. The van der Waals surface area contributed by atoms with Gasteiger partial charge in [-0.3, -0.25) is 9.59 Å². The van der Waals surface area contributed by atoms with E-state index in [2.05, 4.69) is 22.0 Å². The molecule has 2 heterocycles. The molecular formula is C15H19N3O2. The Morgan fingerprint density at radius 1 is 1.20 bits per heavy atom. The van der Waals surface area contributed by atoms with Crippen LogP contribution in [0, 0.1) is 0 Å². The fraction of sp³-hybridized carbons (Fsp3) is 0.467. The van der Waals surface area contributed by atoms with Crippen LogP contribution in [0.15, 0.2) is 24.3 Å². The molecule has 20 heavy (non-hydrogen) atoms. The highest BCUT2D eigenvalue weighted by molar-refractivity contribution is 5.86. The van der Waals surface area contributed by atoms with Crippen molar-refractivity contribution in [2.45, 2.75) is 37.8 Å². The minimum absolute atomic E-state index is 0.0145. The van der Waals surface area contributed by atoms with Crippen LogP contribution < -0.4 is 16.0 Å². The Kier molecular flexibility index (Phi) is 3.58. The maximum absolute atomic E-state index is 12.2. The van der Waals surface area contributed by atoms with Gasteiger partial charge in [-0.25, -0.2) is 0 Å². The van der Waals surface area contributed by atoms with Crippen LogP contribution in [0.3, 0.4) is 0 Å². The van der Waals surface area contributed by atoms with E-state index in [0.717, 1.165) is 24.9 Å². The van der Waals surface area contributed by atoms with Gasteiger partial charge in [0.05, 0.1) is 0 Å². The molecule has 2 unspecified atom stereocenters. The standard InChI is InChI=1S/C15H19N3O2/c19-14-8-6-11(17-14)9-16-15(20)13-7-5-10-3-1-2-4-12(10)18-13/h1-4,11,13,18H,5-9H2,(H,16,20)(H,17,19). The Morgan fingerprint density at radius 3 is 2.85 bits per heavy atom. The molecule has 106 valence electrons. The van der Waals surface area contributed by atoms with E-state index in [1.807, 2.05) is 18.2 Å². The molecule has 3 rings (SSSR count). The summed E-state index contributed by atoms with van der Waals surface area (Å²) in [5, 5.41) is 9.06. The van der Waals surface area contributed by atoms with Crippen LogP contribution in [-0.2, 0) is 16.0 Å². The molecule has 0 aliphatic carbocycles. The predicted molar refractivity (Wildman–Crippen MR) is 76.3 cm³/mol. The van der Waals surface area contributed by atoms with Crippen LogP contribution in [0.5, 0.6) is 0 Å². The number of aryl methyl sites for hydroxylation is 1. The molecule has 0 saturated carbocycles. The number of amides is 2. The first-order chi connectivity index (χ1) is 9.72. The zero-order chi connectivity index (χ0) is 13.9. The number of hydrogen-bond acceptors (Lipinski definition) is 3. The van der Waals surface area contributed by atoms with Gasteiger partial charge < -0.3 is 16.0 Å². The lowest BCUT2D eigenvalue weighted by molar-refractivity contribution is -0.122. The van der Waals surface area contributed by atoms with E-state index >= 15 is 0 Å². The molecule has 0 radical (unpaired) electrons. The quantitative estimate of drug-likeness (QED) is 0.763. The molecule has 2 aliphatic heterocycles. The van der Waals surface area contributed by atoms with Gasteiger partial charge in [0.15, 0.2) is 0 Å². The van der Waals surface area contributed by atoms with Crippen molar-refractivity contribution >= 4 is 17.5 Å². The minimum Gasteiger partial charge on any atom is -0.373 e. The second-order valence-electron chi connectivity index (χ2n) is 5.44. The Morgan fingerprint density at radius 2 is 2.05 bits per heavy atom. The Bertz CT molecular complexity index is 530. The van der Waals surface area contributed by atoms with Crippen LogP contribution in [0.4, 0.5) is 5.69 Å². The van der Waals surface area contributed by atoms with Gasteiger partial charge in [0.2, 0.25) is 11.8 Å².